The molecule has 1 aromatic heterocycles. The molecule has 0 saturated carbocycles. The molecule has 1 fully saturated rings. The van der Waals surface area contributed by atoms with E-state index in [1.807, 2.05) is 0 Å². The minimum Gasteiger partial charge on any atom is -0.375 e. The van der Waals surface area contributed by atoms with E-state index in [9.17, 15) is 18.0 Å². The predicted octanol–water partition coefficient (Wildman–Crippen LogP) is 1.29. The largest absolute Gasteiger partial charge is 0.445 e. The van der Waals surface area contributed by atoms with Crippen molar-refractivity contribution in [3.63, 3.8) is 0 Å². The second-order valence-corrected chi connectivity index (χ2v) is 4.88. The van der Waals surface area contributed by atoms with Gasteiger partial charge in [-0.25, -0.2) is 0 Å². The lowest BCUT2D eigenvalue weighted by Gasteiger charge is -2.28. The van der Waals surface area contributed by atoms with Crippen molar-refractivity contribution < 1.29 is 22.7 Å². The van der Waals surface area contributed by atoms with Gasteiger partial charge in [-0.15, -0.1) is 22.6 Å². The lowest BCUT2D eigenvalue weighted by atomic mass is 10.1. The molecule has 1 aliphatic heterocycles. The lowest BCUT2D eigenvalue weighted by Crippen LogP contribution is -2.53. The fourth-order valence-corrected chi connectivity index (χ4v) is 2.21. The third-order valence-electron chi connectivity index (χ3n) is 2.50. The summed E-state index contributed by atoms with van der Waals surface area (Å²) >= 11 is 0.286. The first-order chi connectivity index (χ1) is 8.88. The Bertz CT molecular complexity index is 470. The number of nitrogens with one attached hydrogen (secondary N) is 2. The van der Waals surface area contributed by atoms with Crippen LogP contribution in [0.2, 0.25) is 0 Å². The van der Waals surface area contributed by atoms with E-state index in [0.29, 0.717) is 13.2 Å². The third-order valence-corrected chi connectivity index (χ3v) is 3.38. The summed E-state index contributed by atoms with van der Waals surface area (Å²) in [6.07, 6.45) is -4.91. The molecule has 0 aromatic carbocycles. The molecule has 0 bridgehead atoms. The number of ether oxygens (including phenoxy) is 1. The first kappa shape index (κ1) is 17.1. The second kappa shape index (κ2) is 6.66. The smallest absolute Gasteiger partial charge is 0.375 e. The van der Waals surface area contributed by atoms with Crippen LogP contribution in [-0.4, -0.2) is 41.4 Å². The molecule has 1 aromatic rings. The van der Waals surface area contributed by atoms with Gasteiger partial charge < -0.3 is 10.1 Å². The number of nitrogens with zero attached hydrogens (tertiary/aromatic N) is 2. The Labute approximate surface area is 122 Å². The van der Waals surface area contributed by atoms with Crippen molar-refractivity contribution in [2.45, 2.75) is 25.2 Å². The normalized spacial score (nSPS) is 23.0. The molecule has 2 atom stereocenters. The number of rotatable bonds is 2. The number of aromatic nitrogens is 2. The Morgan fingerprint density at radius 1 is 1.50 bits per heavy atom. The molecule has 2 rings (SSSR count). The number of carbonyl (C=O) groups is 1. The molecule has 2 heterocycles. The fraction of sp³-hybridized carbons (Fsp3) is 0.667. The van der Waals surface area contributed by atoms with Crippen LogP contribution in [0.1, 0.15) is 11.9 Å². The van der Waals surface area contributed by atoms with Crippen LogP contribution >= 0.6 is 23.7 Å². The van der Waals surface area contributed by atoms with Gasteiger partial charge in [-0.1, -0.05) is 11.3 Å². The Hall–Kier alpha value is -0.970. The summed E-state index contributed by atoms with van der Waals surface area (Å²) < 4.78 is 42.2. The first-order valence-electron chi connectivity index (χ1n) is 5.44. The molecular weight excluding hydrogens is 321 g/mol. The maximum Gasteiger partial charge on any atom is 0.445 e. The van der Waals surface area contributed by atoms with Crippen molar-refractivity contribution in [2.75, 3.05) is 18.5 Å². The van der Waals surface area contributed by atoms with Crippen molar-refractivity contribution in [3.8, 4) is 0 Å². The highest BCUT2D eigenvalue weighted by Gasteiger charge is 2.36. The van der Waals surface area contributed by atoms with Gasteiger partial charge in [-0.2, -0.15) is 13.2 Å². The third kappa shape index (κ3) is 4.01. The van der Waals surface area contributed by atoms with Crippen LogP contribution in [0, 0.1) is 0 Å². The predicted molar refractivity (Wildman–Crippen MR) is 68.0 cm³/mol. The maximum atomic E-state index is 12.3. The van der Waals surface area contributed by atoms with E-state index in [-0.39, 0.29) is 35.0 Å². The van der Waals surface area contributed by atoms with Gasteiger partial charge in [-0.05, 0) is 6.92 Å². The number of halogens is 4. The van der Waals surface area contributed by atoms with Crippen molar-refractivity contribution in [1.82, 2.24) is 15.5 Å². The Kier molecular flexibility index (Phi) is 5.68. The molecule has 2 N–H and O–H groups in total. The van der Waals surface area contributed by atoms with Gasteiger partial charge in [-0.3, -0.25) is 10.1 Å². The topological polar surface area (TPSA) is 76.1 Å². The van der Waals surface area contributed by atoms with E-state index in [1.165, 1.54) is 0 Å². The highest BCUT2D eigenvalue weighted by atomic mass is 35.5. The molecule has 6 nitrogen and oxygen atoms in total. The van der Waals surface area contributed by atoms with Crippen molar-refractivity contribution in [2.24, 2.45) is 0 Å². The van der Waals surface area contributed by atoms with E-state index in [4.69, 9.17) is 4.74 Å². The summed E-state index contributed by atoms with van der Waals surface area (Å²) in [6, 6.07) is -0.619. The van der Waals surface area contributed by atoms with Gasteiger partial charge in [0.15, 0.2) is 0 Å². The van der Waals surface area contributed by atoms with Gasteiger partial charge >= 0.3 is 6.18 Å². The molecule has 1 aliphatic rings. The Morgan fingerprint density at radius 2 is 2.20 bits per heavy atom. The quantitative estimate of drug-likeness (QED) is 0.853. The van der Waals surface area contributed by atoms with E-state index in [0.717, 1.165) is 0 Å². The summed E-state index contributed by atoms with van der Waals surface area (Å²) in [5.41, 5.74) is 0. The zero-order chi connectivity index (χ0) is 14.0. The second-order valence-electron chi connectivity index (χ2n) is 3.91. The van der Waals surface area contributed by atoms with E-state index >= 15 is 0 Å². The van der Waals surface area contributed by atoms with Crippen LogP contribution in [0.15, 0.2) is 0 Å². The van der Waals surface area contributed by atoms with Gasteiger partial charge in [0.25, 0.3) is 0 Å². The van der Waals surface area contributed by atoms with Gasteiger partial charge in [0, 0.05) is 6.54 Å². The summed E-state index contributed by atoms with van der Waals surface area (Å²) in [6.45, 7) is 2.70. The minimum atomic E-state index is -4.56. The summed E-state index contributed by atoms with van der Waals surface area (Å²) in [7, 11) is 0. The Morgan fingerprint density at radius 3 is 2.75 bits per heavy atom. The number of alkyl halides is 3. The Balaban J connectivity index is 0.00000200. The fourth-order valence-electron chi connectivity index (χ4n) is 1.60. The van der Waals surface area contributed by atoms with Crippen LogP contribution in [0.3, 0.4) is 0 Å². The van der Waals surface area contributed by atoms with E-state index < -0.39 is 23.1 Å². The molecule has 0 radical (unpaired) electrons. The van der Waals surface area contributed by atoms with E-state index in [1.54, 1.807) is 6.92 Å². The molecule has 1 amide bonds. The molecule has 0 aliphatic carbocycles. The summed E-state index contributed by atoms with van der Waals surface area (Å²) in [5, 5.41) is 10.2. The SMILES string of the molecule is C[C@H]1OCCN[C@@H]1C(=O)Nc1nnc(C(F)(F)F)s1.Cl. The number of hydrogen-bond acceptors (Lipinski definition) is 6. The first-order valence-corrected chi connectivity index (χ1v) is 6.26. The molecule has 0 spiro atoms. The van der Waals surface area contributed by atoms with Crippen molar-refractivity contribution in [1.29, 1.82) is 0 Å². The standard InChI is InChI=1S/C9H11F3N4O2S.ClH/c1-4-5(13-2-3-18-4)6(17)14-8-16-15-7(19-8)9(10,11)12;/h4-5,13H,2-3H2,1H3,(H,14,16,17);1H/t4-,5+;/m1./s1. The molecular formula is C9H12ClF3N4O2S. The number of carbonyl (C=O) groups excluding carboxylic acids is 1. The zero-order valence-corrected chi connectivity index (χ0v) is 11.9. The number of morpholine rings is 1. The van der Waals surface area contributed by atoms with Gasteiger partial charge in [0.1, 0.15) is 6.04 Å². The molecule has 114 valence electrons. The summed E-state index contributed by atoms with van der Waals surface area (Å²) in [5.74, 6) is -0.489. The van der Waals surface area contributed by atoms with Crippen LogP contribution in [-0.2, 0) is 15.7 Å². The average Bonchev–Trinajstić information content (AvgIpc) is 2.77. The number of anilines is 1. The van der Waals surface area contributed by atoms with Crippen LogP contribution in [0.5, 0.6) is 0 Å². The van der Waals surface area contributed by atoms with Crippen molar-refractivity contribution in [3.05, 3.63) is 5.01 Å². The van der Waals surface area contributed by atoms with Crippen LogP contribution in [0.25, 0.3) is 0 Å². The highest BCUT2D eigenvalue weighted by molar-refractivity contribution is 7.15. The van der Waals surface area contributed by atoms with Gasteiger partial charge in [0.2, 0.25) is 16.0 Å². The molecule has 0 unspecified atom stereocenters. The highest BCUT2D eigenvalue weighted by Crippen LogP contribution is 2.33. The van der Waals surface area contributed by atoms with Crippen LogP contribution < -0.4 is 10.6 Å². The monoisotopic (exact) mass is 332 g/mol. The zero-order valence-electron chi connectivity index (χ0n) is 10.2. The average molecular weight is 333 g/mol. The molecule has 11 heteroatoms. The lowest BCUT2D eigenvalue weighted by molar-refractivity contribution is -0.138. The number of hydrogen-bond donors (Lipinski definition) is 2. The van der Waals surface area contributed by atoms with Crippen LogP contribution in [0.4, 0.5) is 18.3 Å². The molecule has 20 heavy (non-hydrogen) atoms. The maximum absolute atomic E-state index is 12.3. The van der Waals surface area contributed by atoms with Gasteiger partial charge in [0.05, 0.1) is 12.7 Å². The molecule has 1 saturated heterocycles. The minimum absolute atomic E-state index is 0. The number of amides is 1. The van der Waals surface area contributed by atoms with Crippen molar-refractivity contribution >= 4 is 34.8 Å². The summed E-state index contributed by atoms with van der Waals surface area (Å²) in [4.78, 5) is 11.8. The van der Waals surface area contributed by atoms with E-state index in [2.05, 4.69) is 20.8 Å².